The fraction of sp³-hybridized carbons (Fsp3) is 0.381. The number of rotatable bonds is 7. The molecule has 1 aliphatic carbocycles. The number of fused-ring (bicyclic) bond motifs is 3. The van der Waals surface area contributed by atoms with Gasteiger partial charge in [-0.25, -0.2) is 4.98 Å². The van der Waals surface area contributed by atoms with E-state index in [4.69, 9.17) is 16.6 Å². The third-order valence-electron chi connectivity index (χ3n) is 5.12. The minimum atomic E-state index is -0.0190. The van der Waals surface area contributed by atoms with Crippen LogP contribution in [0.15, 0.2) is 34.7 Å². The van der Waals surface area contributed by atoms with Crippen LogP contribution in [-0.4, -0.2) is 33.2 Å². The molecule has 1 aliphatic rings. The molecule has 30 heavy (non-hydrogen) atoms. The van der Waals surface area contributed by atoms with E-state index in [1.54, 1.807) is 33.9 Å². The molecule has 0 spiro atoms. The molecule has 0 saturated carbocycles. The largest absolute Gasteiger partial charge is 0.340 e. The van der Waals surface area contributed by atoms with Crippen LogP contribution in [0.25, 0.3) is 10.2 Å². The molecule has 0 fully saturated rings. The molecule has 3 aromatic rings. The highest BCUT2D eigenvalue weighted by Gasteiger charge is 2.22. The van der Waals surface area contributed by atoms with Crippen LogP contribution in [-0.2, 0) is 30.7 Å². The van der Waals surface area contributed by atoms with Crippen molar-refractivity contribution in [2.24, 2.45) is 0 Å². The van der Waals surface area contributed by atoms with E-state index in [-0.39, 0.29) is 17.2 Å². The molecule has 4 rings (SSSR count). The Kier molecular flexibility index (Phi) is 6.67. The van der Waals surface area contributed by atoms with Crippen molar-refractivity contribution in [3.05, 3.63) is 54.8 Å². The number of hydrogen-bond donors (Lipinski definition) is 0. The van der Waals surface area contributed by atoms with Gasteiger partial charge in [-0.2, -0.15) is 0 Å². The van der Waals surface area contributed by atoms with Gasteiger partial charge in [0.2, 0.25) is 5.91 Å². The van der Waals surface area contributed by atoms with Gasteiger partial charge in [-0.05, 0) is 43.4 Å². The first-order chi connectivity index (χ1) is 14.5. The van der Waals surface area contributed by atoms with Crippen molar-refractivity contribution >= 4 is 62.2 Å². The number of carbonyl (C=O) groups is 1. The summed E-state index contributed by atoms with van der Waals surface area (Å²) in [5.74, 6) is 0.199. The third kappa shape index (κ3) is 4.37. The first-order valence-electron chi connectivity index (χ1n) is 9.75. The Hall–Kier alpha value is -1.61. The monoisotopic (exact) mass is 479 g/mol. The normalized spacial score (nSPS) is 13.4. The lowest BCUT2D eigenvalue weighted by molar-refractivity contribution is -0.127. The maximum absolute atomic E-state index is 13.3. The minimum absolute atomic E-state index is 0.0177. The molecule has 0 radical (unpaired) electrons. The number of amides is 1. The average Bonchev–Trinajstić information content (AvgIpc) is 3.31. The smallest absolute Gasteiger partial charge is 0.263 e. The van der Waals surface area contributed by atoms with Crippen molar-refractivity contribution < 1.29 is 4.79 Å². The molecular weight excluding hydrogens is 458 g/mol. The summed E-state index contributed by atoms with van der Waals surface area (Å²) >= 11 is 10.4. The Labute approximate surface area is 192 Å². The van der Waals surface area contributed by atoms with Gasteiger partial charge in [0, 0.05) is 23.3 Å². The molecular formula is C21H22ClN3O2S3. The molecule has 1 amide bonds. The van der Waals surface area contributed by atoms with E-state index in [1.165, 1.54) is 40.0 Å². The summed E-state index contributed by atoms with van der Waals surface area (Å²) in [6, 6.07) is 3.77. The van der Waals surface area contributed by atoms with Crippen LogP contribution < -0.4 is 5.56 Å². The predicted molar refractivity (Wildman–Crippen MR) is 127 cm³/mol. The van der Waals surface area contributed by atoms with Gasteiger partial charge in [0.25, 0.3) is 5.56 Å². The van der Waals surface area contributed by atoms with Crippen molar-refractivity contribution in [2.75, 3.05) is 12.8 Å². The maximum Gasteiger partial charge on any atom is 0.263 e. The number of allylic oxidation sites excluding steroid dienone is 1. The molecule has 0 aliphatic heterocycles. The van der Waals surface area contributed by atoms with Crippen molar-refractivity contribution in [1.29, 1.82) is 0 Å². The molecule has 0 N–H and O–H groups in total. The standard InChI is InChI=1S/C21H22ClN3O2S3/c1-3-10-25-20(27)18-14-6-4-5-7-15(14)30-19(18)23-21(25)28-12-17(26)24(2)11-13-8-9-16(22)29-13/h3,8-9H,1,4-7,10-12H2,2H3. The van der Waals surface area contributed by atoms with E-state index in [2.05, 4.69) is 6.58 Å². The highest BCUT2D eigenvalue weighted by molar-refractivity contribution is 7.99. The fourth-order valence-electron chi connectivity index (χ4n) is 3.62. The number of thiophene rings is 2. The van der Waals surface area contributed by atoms with Crippen LogP contribution in [0, 0.1) is 0 Å². The summed E-state index contributed by atoms with van der Waals surface area (Å²) in [7, 11) is 1.78. The van der Waals surface area contributed by atoms with Crippen molar-refractivity contribution in [1.82, 2.24) is 14.5 Å². The van der Waals surface area contributed by atoms with Crippen molar-refractivity contribution in [3.8, 4) is 0 Å². The van der Waals surface area contributed by atoms with Crippen LogP contribution in [0.3, 0.4) is 0 Å². The zero-order valence-corrected chi connectivity index (χ0v) is 19.9. The average molecular weight is 480 g/mol. The van der Waals surface area contributed by atoms with Crippen LogP contribution in [0.2, 0.25) is 4.34 Å². The highest BCUT2D eigenvalue weighted by Crippen LogP contribution is 2.34. The molecule has 3 heterocycles. The third-order valence-corrected chi connectivity index (χ3v) is 8.49. The number of thioether (sulfide) groups is 1. The topological polar surface area (TPSA) is 55.2 Å². The van der Waals surface area contributed by atoms with Gasteiger partial charge in [0.05, 0.1) is 22.0 Å². The Bertz CT molecular complexity index is 1160. The molecule has 5 nitrogen and oxygen atoms in total. The summed E-state index contributed by atoms with van der Waals surface area (Å²) in [6.07, 6.45) is 5.95. The Morgan fingerprint density at radius 1 is 1.37 bits per heavy atom. The Morgan fingerprint density at radius 3 is 2.90 bits per heavy atom. The van der Waals surface area contributed by atoms with Gasteiger partial charge in [-0.3, -0.25) is 14.2 Å². The molecule has 0 atom stereocenters. The van der Waals surface area contributed by atoms with Gasteiger partial charge in [-0.1, -0.05) is 29.4 Å². The molecule has 9 heteroatoms. The number of aromatic nitrogens is 2. The van der Waals surface area contributed by atoms with Crippen molar-refractivity contribution in [2.45, 2.75) is 43.9 Å². The molecule has 0 saturated heterocycles. The highest BCUT2D eigenvalue weighted by atomic mass is 35.5. The summed E-state index contributed by atoms with van der Waals surface area (Å²) in [6.45, 7) is 4.68. The summed E-state index contributed by atoms with van der Waals surface area (Å²) in [5.41, 5.74) is 1.16. The Morgan fingerprint density at radius 2 is 2.17 bits per heavy atom. The predicted octanol–water partition coefficient (Wildman–Crippen LogP) is 4.99. The summed E-state index contributed by atoms with van der Waals surface area (Å²) < 4.78 is 2.36. The van der Waals surface area contributed by atoms with Crippen LogP contribution in [0.4, 0.5) is 0 Å². The molecule has 3 aromatic heterocycles. The van der Waals surface area contributed by atoms with E-state index in [0.717, 1.165) is 34.4 Å². The van der Waals surface area contributed by atoms with Gasteiger partial charge in [0.1, 0.15) is 4.83 Å². The zero-order chi connectivity index (χ0) is 21.3. The second-order valence-corrected chi connectivity index (χ2v) is 11.1. The zero-order valence-electron chi connectivity index (χ0n) is 16.6. The van der Waals surface area contributed by atoms with E-state index < -0.39 is 0 Å². The molecule has 0 unspecified atom stereocenters. The lowest BCUT2D eigenvalue weighted by Gasteiger charge is -2.16. The SMILES string of the molecule is C=CCn1c(SCC(=O)N(C)Cc2ccc(Cl)s2)nc2sc3c(c2c1=O)CCCC3. The van der Waals surface area contributed by atoms with E-state index >= 15 is 0 Å². The Balaban J connectivity index is 1.57. The number of hydrogen-bond acceptors (Lipinski definition) is 6. The lowest BCUT2D eigenvalue weighted by Crippen LogP contribution is -2.28. The van der Waals surface area contributed by atoms with Crippen LogP contribution >= 0.6 is 46.0 Å². The van der Waals surface area contributed by atoms with E-state index in [0.29, 0.717) is 22.6 Å². The molecule has 0 aromatic carbocycles. The molecule has 158 valence electrons. The van der Waals surface area contributed by atoms with E-state index in [1.807, 2.05) is 12.1 Å². The van der Waals surface area contributed by atoms with Gasteiger partial charge < -0.3 is 4.90 Å². The number of aryl methyl sites for hydroxylation is 2. The van der Waals surface area contributed by atoms with Gasteiger partial charge in [0.15, 0.2) is 5.16 Å². The number of nitrogens with zero attached hydrogens (tertiary/aromatic N) is 3. The van der Waals surface area contributed by atoms with Crippen molar-refractivity contribution in [3.63, 3.8) is 0 Å². The lowest BCUT2D eigenvalue weighted by atomic mass is 9.97. The van der Waals surface area contributed by atoms with Gasteiger partial charge in [-0.15, -0.1) is 29.3 Å². The first kappa shape index (κ1) is 21.6. The quantitative estimate of drug-likeness (QED) is 0.272. The number of halogens is 1. The van der Waals surface area contributed by atoms with E-state index in [9.17, 15) is 9.59 Å². The summed E-state index contributed by atoms with van der Waals surface area (Å²) in [5, 5.41) is 1.34. The summed E-state index contributed by atoms with van der Waals surface area (Å²) in [4.78, 5) is 35.5. The molecule has 0 bridgehead atoms. The number of carbonyl (C=O) groups excluding carboxylic acids is 1. The second-order valence-electron chi connectivity index (χ2n) is 7.23. The second kappa shape index (κ2) is 9.26. The minimum Gasteiger partial charge on any atom is -0.340 e. The first-order valence-corrected chi connectivity index (χ1v) is 12.7. The van der Waals surface area contributed by atoms with Gasteiger partial charge >= 0.3 is 0 Å². The van der Waals surface area contributed by atoms with Crippen LogP contribution in [0.5, 0.6) is 0 Å². The van der Waals surface area contributed by atoms with Crippen LogP contribution in [0.1, 0.15) is 28.2 Å². The maximum atomic E-state index is 13.3. The fourth-order valence-corrected chi connectivity index (χ4v) is 7.01.